The highest BCUT2D eigenvalue weighted by atomic mass is 16.4. The molecule has 27 heavy (non-hydrogen) atoms. The SMILES string of the molecule is Cc1cc(C)n(-c2ccc(-c3c(C(=O)O)c(N)[nH]c(=O)c3C(=O)O)cc2)n1. The lowest BCUT2D eigenvalue weighted by atomic mass is 9.95. The smallest absolute Gasteiger partial charge is 0.342 e. The van der Waals surface area contributed by atoms with Crippen LogP contribution in [-0.2, 0) is 0 Å². The second-order valence-corrected chi connectivity index (χ2v) is 5.99. The van der Waals surface area contributed by atoms with E-state index in [4.69, 9.17) is 5.73 Å². The van der Waals surface area contributed by atoms with Crippen LogP contribution in [0.5, 0.6) is 0 Å². The van der Waals surface area contributed by atoms with E-state index < -0.39 is 34.4 Å². The van der Waals surface area contributed by atoms with Crippen molar-refractivity contribution in [3.8, 4) is 16.8 Å². The van der Waals surface area contributed by atoms with Gasteiger partial charge < -0.3 is 20.9 Å². The molecule has 0 aliphatic rings. The predicted octanol–water partition coefficient (Wildman–Crippen LogP) is 1.82. The van der Waals surface area contributed by atoms with Gasteiger partial charge in [-0.05, 0) is 37.6 Å². The van der Waals surface area contributed by atoms with Crippen LogP contribution in [0.3, 0.4) is 0 Å². The first-order chi connectivity index (χ1) is 12.7. The Balaban J connectivity index is 2.25. The zero-order chi connectivity index (χ0) is 19.9. The highest BCUT2D eigenvalue weighted by molar-refractivity contribution is 6.07. The number of aryl methyl sites for hydroxylation is 2. The van der Waals surface area contributed by atoms with Gasteiger partial charge in [0.25, 0.3) is 5.56 Å². The number of hydrogen-bond acceptors (Lipinski definition) is 5. The van der Waals surface area contributed by atoms with Crippen molar-refractivity contribution in [3.63, 3.8) is 0 Å². The van der Waals surface area contributed by atoms with Crippen LogP contribution in [0.2, 0.25) is 0 Å². The molecule has 0 saturated heterocycles. The van der Waals surface area contributed by atoms with E-state index in [1.807, 2.05) is 19.9 Å². The zero-order valence-electron chi connectivity index (χ0n) is 14.5. The molecule has 0 aliphatic heterocycles. The molecule has 0 aliphatic carbocycles. The molecule has 2 aromatic heterocycles. The molecule has 0 fully saturated rings. The molecule has 9 nitrogen and oxygen atoms in total. The summed E-state index contributed by atoms with van der Waals surface area (Å²) in [5, 5.41) is 23.2. The van der Waals surface area contributed by atoms with Crippen molar-refractivity contribution < 1.29 is 19.8 Å². The number of H-pyrrole nitrogens is 1. The molecule has 9 heteroatoms. The topological polar surface area (TPSA) is 151 Å². The number of nitrogens with zero attached hydrogens (tertiary/aromatic N) is 2. The lowest BCUT2D eigenvalue weighted by Gasteiger charge is -2.13. The lowest BCUT2D eigenvalue weighted by molar-refractivity contribution is 0.0695. The number of aromatic carboxylic acids is 2. The Kier molecular flexibility index (Phi) is 4.28. The fourth-order valence-electron chi connectivity index (χ4n) is 2.99. The van der Waals surface area contributed by atoms with Gasteiger partial charge in [-0.1, -0.05) is 12.1 Å². The fourth-order valence-corrected chi connectivity index (χ4v) is 2.99. The molecular formula is C18H16N4O5. The molecule has 5 N–H and O–H groups in total. The zero-order valence-corrected chi connectivity index (χ0v) is 14.5. The summed E-state index contributed by atoms with van der Waals surface area (Å²) in [6.45, 7) is 3.74. The number of benzene rings is 1. The number of nitrogens with one attached hydrogen (secondary N) is 1. The molecule has 0 spiro atoms. The van der Waals surface area contributed by atoms with Crippen molar-refractivity contribution in [2.75, 3.05) is 5.73 Å². The molecule has 0 saturated carbocycles. The number of carbonyl (C=O) groups is 2. The number of carboxylic acid groups (broad SMARTS) is 2. The Morgan fingerprint density at radius 2 is 1.67 bits per heavy atom. The molecule has 3 rings (SSSR count). The summed E-state index contributed by atoms with van der Waals surface area (Å²) in [5.74, 6) is -3.39. The van der Waals surface area contributed by atoms with Crippen LogP contribution in [0.15, 0.2) is 35.1 Å². The van der Waals surface area contributed by atoms with Crippen LogP contribution in [0.4, 0.5) is 5.82 Å². The summed E-state index contributed by atoms with van der Waals surface area (Å²) in [7, 11) is 0. The first-order valence-corrected chi connectivity index (χ1v) is 7.87. The van der Waals surface area contributed by atoms with Crippen LogP contribution in [0, 0.1) is 13.8 Å². The van der Waals surface area contributed by atoms with Crippen molar-refractivity contribution >= 4 is 17.8 Å². The first kappa shape index (κ1) is 17.9. The number of nitrogens with two attached hydrogens (primary N) is 1. The first-order valence-electron chi connectivity index (χ1n) is 7.87. The minimum atomic E-state index is -1.55. The minimum absolute atomic E-state index is 0.240. The molecule has 0 unspecified atom stereocenters. The average molecular weight is 368 g/mol. The van der Waals surface area contributed by atoms with E-state index in [0.29, 0.717) is 5.69 Å². The summed E-state index contributed by atoms with van der Waals surface area (Å²) in [6, 6.07) is 8.26. The summed E-state index contributed by atoms with van der Waals surface area (Å²) in [6.07, 6.45) is 0. The van der Waals surface area contributed by atoms with Crippen LogP contribution >= 0.6 is 0 Å². The van der Waals surface area contributed by atoms with Gasteiger partial charge in [0.1, 0.15) is 16.9 Å². The van der Waals surface area contributed by atoms with Crippen LogP contribution < -0.4 is 11.3 Å². The summed E-state index contributed by atoms with van der Waals surface area (Å²) in [5.41, 5.74) is 5.96. The maximum absolute atomic E-state index is 12.1. The molecule has 0 radical (unpaired) electrons. The van der Waals surface area contributed by atoms with Gasteiger partial charge in [-0.3, -0.25) is 4.79 Å². The van der Waals surface area contributed by atoms with Gasteiger partial charge in [-0.25, -0.2) is 14.3 Å². The van der Waals surface area contributed by atoms with Crippen molar-refractivity contribution in [2.45, 2.75) is 13.8 Å². The van der Waals surface area contributed by atoms with Gasteiger partial charge in [-0.2, -0.15) is 5.10 Å². The maximum Gasteiger partial charge on any atom is 0.342 e. The highest BCUT2D eigenvalue weighted by Gasteiger charge is 2.26. The van der Waals surface area contributed by atoms with E-state index >= 15 is 0 Å². The lowest BCUT2D eigenvalue weighted by Crippen LogP contribution is -2.24. The second kappa shape index (κ2) is 6.45. The molecule has 2 heterocycles. The number of nitrogen functional groups attached to an aromatic ring is 1. The molecule has 138 valence electrons. The molecule has 0 amide bonds. The van der Waals surface area contributed by atoms with E-state index in [1.165, 1.54) is 12.1 Å². The summed E-state index contributed by atoms with van der Waals surface area (Å²) in [4.78, 5) is 37.3. The minimum Gasteiger partial charge on any atom is -0.478 e. The number of hydrogen-bond donors (Lipinski definition) is 4. The van der Waals surface area contributed by atoms with Gasteiger partial charge in [-0.15, -0.1) is 0 Å². The van der Waals surface area contributed by atoms with E-state index in [0.717, 1.165) is 11.4 Å². The molecular weight excluding hydrogens is 352 g/mol. The molecule has 0 atom stereocenters. The van der Waals surface area contributed by atoms with E-state index in [-0.39, 0.29) is 11.1 Å². The number of aromatic amines is 1. The Bertz CT molecular complexity index is 1130. The van der Waals surface area contributed by atoms with E-state index in [2.05, 4.69) is 10.1 Å². The van der Waals surface area contributed by atoms with Crippen molar-refractivity contribution in [1.82, 2.24) is 14.8 Å². The Morgan fingerprint density at radius 1 is 1.07 bits per heavy atom. The van der Waals surface area contributed by atoms with Crippen LogP contribution in [-0.4, -0.2) is 36.9 Å². The normalized spacial score (nSPS) is 10.7. The monoisotopic (exact) mass is 368 g/mol. The highest BCUT2D eigenvalue weighted by Crippen LogP contribution is 2.30. The van der Waals surface area contributed by atoms with E-state index in [1.54, 1.807) is 16.8 Å². The standard InChI is InChI=1S/C18H16N4O5/c1-8-7-9(2)22(21-8)11-5-3-10(4-6-11)12-13(17(24)25)15(19)20-16(23)14(12)18(26)27/h3-7H,1-2H3,(H,24,25)(H,26,27)(H3,19,20,23). The van der Waals surface area contributed by atoms with Crippen LogP contribution in [0.1, 0.15) is 32.1 Å². The third kappa shape index (κ3) is 3.06. The van der Waals surface area contributed by atoms with Gasteiger partial charge in [0.2, 0.25) is 0 Å². The largest absolute Gasteiger partial charge is 0.478 e. The van der Waals surface area contributed by atoms with Gasteiger partial charge in [0, 0.05) is 11.3 Å². The number of pyridine rings is 1. The quantitative estimate of drug-likeness (QED) is 0.548. The molecule has 1 aromatic carbocycles. The number of anilines is 1. The van der Waals surface area contributed by atoms with Crippen LogP contribution in [0.25, 0.3) is 16.8 Å². The molecule has 0 bridgehead atoms. The third-order valence-electron chi connectivity index (χ3n) is 4.08. The number of aromatic nitrogens is 3. The summed E-state index contributed by atoms with van der Waals surface area (Å²) < 4.78 is 1.70. The van der Waals surface area contributed by atoms with Crippen molar-refractivity contribution in [2.24, 2.45) is 0 Å². The number of carboxylic acids is 2. The molecule has 3 aromatic rings. The second-order valence-electron chi connectivity index (χ2n) is 5.99. The fraction of sp³-hybridized carbons (Fsp3) is 0.111. The number of rotatable bonds is 4. The summed E-state index contributed by atoms with van der Waals surface area (Å²) >= 11 is 0. The Morgan fingerprint density at radius 3 is 2.15 bits per heavy atom. The van der Waals surface area contributed by atoms with Gasteiger partial charge >= 0.3 is 11.9 Å². The van der Waals surface area contributed by atoms with Gasteiger partial charge in [0.05, 0.1) is 11.4 Å². The Hall–Kier alpha value is -3.88. The third-order valence-corrected chi connectivity index (χ3v) is 4.08. The maximum atomic E-state index is 12.1. The van der Waals surface area contributed by atoms with Crippen molar-refractivity contribution in [3.05, 3.63) is 63.2 Å². The Labute approximate surface area is 152 Å². The van der Waals surface area contributed by atoms with E-state index in [9.17, 15) is 24.6 Å². The predicted molar refractivity (Wildman–Crippen MR) is 97.4 cm³/mol. The van der Waals surface area contributed by atoms with Gasteiger partial charge in [0.15, 0.2) is 0 Å². The van der Waals surface area contributed by atoms with Crippen molar-refractivity contribution in [1.29, 1.82) is 0 Å². The average Bonchev–Trinajstić information content (AvgIpc) is 2.91.